The lowest BCUT2D eigenvalue weighted by atomic mass is 9.99. The lowest BCUT2D eigenvalue weighted by Gasteiger charge is -2.30. The van der Waals surface area contributed by atoms with E-state index >= 15 is 8.78 Å². The zero-order valence-corrected chi connectivity index (χ0v) is 20.6. The van der Waals surface area contributed by atoms with Crippen molar-refractivity contribution < 1.29 is 8.78 Å². The number of anilines is 1. The van der Waals surface area contributed by atoms with Gasteiger partial charge in [-0.05, 0) is 48.4 Å². The maximum Gasteiger partial charge on any atom is 0.182 e. The summed E-state index contributed by atoms with van der Waals surface area (Å²) in [7, 11) is 0. The van der Waals surface area contributed by atoms with Crippen LogP contribution in [0.25, 0.3) is 50.2 Å². The summed E-state index contributed by atoms with van der Waals surface area (Å²) >= 11 is 0. The number of pyridine rings is 1. The zero-order valence-electron chi connectivity index (χ0n) is 20.6. The van der Waals surface area contributed by atoms with Crippen LogP contribution in [0, 0.1) is 11.6 Å². The van der Waals surface area contributed by atoms with Gasteiger partial charge in [0.2, 0.25) is 0 Å². The van der Waals surface area contributed by atoms with Gasteiger partial charge in [0.15, 0.2) is 17.3 Å². The van der Waals surface area contributed by atoms with Gasteiger partial charge in [-0.1, -0.05) is 12.1 Å². The van der Waals surface area contributed by atoms with Gasteiger partial charge >= 0.3 is 0 Å². The lowest BCUT2D eigenvalue weighted by Crippen LogP contribution is -2.44. The molecule has 2 bridgehead atoms. The molecule has 4 aromatic heterocycles. The average Bonchev–Trinajstić information content (AvgIpc) is 3.78. The van der Waals surface area contributed by atoms with Gasteiger partial charge in [-0.25, -0.2) is 18.3 Å². The fourth-order valence-electron chi connectivity index (χ4n) is 6.11. The molecule has 2 fully saturated rings. The van der Waals surface area contributed by atoms with Crippen molar-refractivity contribution >= 4 is 22.2 Å². The van der Waals surface area contributed by atoms with Crippen LogP contribution < -0.4 is 10.2 Å². The van der Waals surface area contributed by atoms with Crippen molar-refractivity contribution in [2.24, 2.45) is 0 Å². The molecule has 8 nitrogen and oxygen atoms in total. The monoisotopic (exact) mass is 520 g/mol. The van der Waals surface area contributed by atoms with Gasteiger partial charge < -0.3 is 10.2 Å². The van der Waals surface area contributed by atoms with E-state index in [0.717, 1.165) is 40.6 Å². The van der Waals surface area contributed by atoms with Gasteiger partial charge in [-0.15, -0.1) is 0 Å². The van der Waals surface area contributed by atoms with E-state index in [1.807, 2.05) is 35.2 Å². The van der Waals surface area contributed by atoms with Crippen LogP contribution in [-0.2, 0) is 0 Å². The molecule has 0 unspecified atom stereocenters. The summed E-state index contributed by atoms with van der Waals surface area (Å²) < 4.78 is 33.0. The maximum atomic E-state index is 15.8. The number of fused-ring (bicyclic) bond motifs is 4. The molecule has 0 radical (unpaired) electrons. The number of halogens is 2. The van der Waals surface area contributed by atoms with Gasteiger partial charge in [0.25, 0.3) is 0 Å². The molecular formula is C29H22F2N8. The first-order valence-electron chi connectivity index (χ1n) is 12.9. The first-order chi connectivity index (χ1) is 19.2. The molecule has 0 spiro atoms. The van der Waals surface area contributed by atoms with Crippen LogP contribution in [-0.4, -0.2) is 55.0 Å². The highest BCUT2D eigenvalue weighted by atomic mass is 19.2. The predicted octanol–water partition coefficient (Wildman–Crippen LogP) is 4.83. The van der Waals surface area contributed by atoms with Crippen LogP contribution >= 0.6 is 0 Å². The van der Waals surface area contributed by atoms with E-state index in [-0.39, 0.29) is 11.6 Å². The molecule has 2 aliphatic heterocycles. The molecular weight excluding hydrogens is 498 g/mol. The Morgan fingerprint density at radius 1 is 0.923 bits per heavy atom. The number of aromatic nitrogens is 6. The SMILES string of the molecule is Fc1c(-c2ccnc3c(-c4cccc5[nH]ncc45)c(-c4ccncc4)nn23)ccc(N2C[C@H]3C[C@H]2CN3)c1F. The summed E-state index contributed by atoms with van der Waals surface area (Å²) in [6.07, 6.45) is 7.72. The standard InChI is InChI=1S/C29H22F2N8/c30-26-20(4-5-24(27(26)31)38-15-17-12-18(38)13-34-17)23-8-11-33-29-25(19-2-1-3-22-21(19)14-35-36-22)28(37-39(23)29)16-6-9-32-10-7-16/h1-11,14,17-18,34H,12-13,15H2,(H,35,36)/t17-,18+/m1/s1. The summed E-state index contributed by atoms with van der Waals surface area (Å²) in [4.78, 5) is 10.8. The molecule has 6 heterocycles. The summed E-state index contributed by atoms with van der Waals surface area (Å²) in [5, 5.41) is 16.5. The normalized spacial score (nSPS) is 18.6. The zero-order chi connectivity index (χ0) is 26.1. The molecule has 39 heavy (non-hydrogen) atoms. The molecule has 0 saturated carbocycles. The number of rotatable bonds is 4. The molecule has 8 rings (SSSR count). The average molecular weight is 521 g/mol. The Hall–Kier alpha value is -4.70. The minimum Gasteiger partial charge on any atom is -0.363 e. The molecule has 0 amide bonds. The number of nitrogens with one attached hydrogen (secondary N) is 2. The summed E-state index contributed by atoms with van der Waals surface area (Å²) in [5.74, 6) is -1.73. The molecule has 2 N–H and O–H groups in total. The van der Waals surface area contributed by atoms with Crippen LogP contribution in [0.15, 0.2) is 73.3 Å². The second kappa shape index (κ2) is 8.40. The molecule has 6 aromatic rings. The fourth-order valence-corrected chi connectivity index (χ4v) is 6.11. The first-order valence-corrected chi connectivity index (χ1v) is 12.9. The van der Waals surface area contributed by atoms with Gasteiger partial charge in [-0.3, -0.25) is 10.1 Å². The first kappa shape index (κ1) is 22.3. The fraction of sp³-hybridized carbons (Fsp3) is 0.172. The highest BCUT2D eigenvalue weighted by Crippen LogP contribution is 2.40. The minimum atomic E-state index is -0.893. The topological polar surface area (TPSA) is 87.0 Å². The Morgan fingerprint density at radius 3 is 2.64 bits per heavy atom. The summed E-state index contributed by atoms with van der Waals surface area (Å²) in [6.45, 7) is 1.47. The summed E-state index contributed by atoms with van der Waals surface area (Å²) in [5.41, 5.74) is 5.39. The molecule has 2 aliphatic rings. The van der Waals surface area contributed by atoms with E-state index < -0.39 is 11.6 Å². The Morgan fingerprint density at radius 2 is 1.82 bits per heavy atom. The second-order valence-electron chi connectivity index (χ2n) is 10.1. The van der Waals surface area contributed by atoms with Crippen molar-refractivity contribution in [3.05, 3.63) is 85.0 Å². The Kier molecular flexibility index (Phi) is 4.80. The minimum absolute atomic E-state index is 0.128. The largest absolute Gasteiger partial charge is 0.363 e. The van der Waals surface area contributed by atoms with Crippen molar-refractivity contribution in [3.8, 4) is 33.6 Å². The van der Waals surface area contributed by atoms with Crippen molar-refractivity contribution in [2.75, 3.05) is 18.0 Å². The van der Waals surface area contributed by atoms with Gasteiger partial charge in [0.05, 0.1) is 28.7 Å². The number of hydrogen-bond donors (Lipinski definition) is 2. The third-order valence-electron chi connectivity index (χ3n) is 7.93. The van der Waals surface area contributed by atoms with Crippen LogP contribution in [0.1, 0.15) is 6.42 Å². The Bertz CT molecular complexity index is 1880. The third-order valence-corrected chi connectivity index (χ3v) is 7.93. The van der Waals surface area contributed by atoms with E-state index in [0.29, 0.717) is 35.3 Å². The van der Waals surface area contributed by atoms with E-state index in [2.05, 4.69) is 25.5 Å². The Balaban J connectivity index is 1.35. The lowest BCUT2D eigenvalue weighted by molar-refractivity contribution is 0.500. The number of aromatic amines is 1. The molecule has 0 aliphatic carbocycles. The van der Waals surface area contributed by atoms with Crippen LogP contribution in [0.2, 0.25) is 0 Å². The van der Waals surface area contributed by atoms with Crippen molar-refractivity contribution in [1.29, 1.82) is 0 Å². The smallest absolute Gasteiger partial charge is 0.182 e. The predicted molar refractivity (Wildman–Crippen MR) is 144 cm³/mol. The van der Waals surface area contributed by atoms with Crippen LogP contribution in [0.4, 0.5) is 14.5 Å². The highest BCUT2D eigenvalue weighted by molar-refractivity contribution is 6.02. The number of benzene rings is 2. The maximum absolute atomic E-state index is 15.8. The quantitative estimate of drug-likeness (QED) is 0.346. The van der Waals surface area contributed by atoms with E-state index in [4.69, 9.17) is 5.10 Å². The van der Waals surface area contributed by atoms with Crippen molar-refractivity contribution in [3.63, 3.8) is 0 Å². The van der Waals surface area contributed by atoms with E-state index in [9.17, 15) is 0 Å². The number of H-pyrrole nitrogens is 1. The van der Waals surface area contributed by atoms with Crippen molar-refractivity contribution in [1.82, 2.24) is 35.1 Å². The Labute approximate surface area is 221 Å². The number of piperazine rings is 1. The molecule has 2 atom stereocenters. The third kappa shape index (κ3) is 3.31. The van der Waals surface area contributed by atoms with E-state index in [1.54, 1.807) is 47.5 Å². The number of nitrogens with zero attached hydrogens (tertiary/aromatic N) is 6. The van der Waals surface area contributed by atoms with Crippen molar-refractivity contribution in [2.45, 2.75) is 18.5 Å². The molecule has 2 saturated heterocycles. The summed E-state index contributed by atoms with van der Waals surface area (Å²) in [6, 6.07) is 15.1. The highest BCUT2D eigenvalue weighted by Gasteiger charge is 2.39. The van der Waals surface area contributed by atoms with Gasteiger partial charge in [-0.2, -0.15) is 10.2 Å². The second-order valence-corrected chi connectivity index (χ2v) is 10.1. The number of hydrogen-bond acceptors (Lipinski definition) is 6. The van der Waals surface area contributed by atoms with Gasteiger partial charge in [0.1, 0.15) is 5.69 Å². The van der Waals surface area contributed by atoms with E-state index in [1.165, 1.54) is 0 Å². The molecule has 10 heteroatoms. The van der Waals surface area contributed by atoms with Gasteiger partial charge in [0, 0.05) is 60.3 Å². The van der Waals surface area contributed by atoms with Crippen LogP contribution in [0.3, 0.4) is 0 Å². The molecule has 2 aromatic carbocycles. The molecule has 192 valence electrons. The van der Waals surface area contributed by atoms with Crippen LogP contribution in [0.5, 0.6) is 0 Å².